The van der Waals surface area contributed by atoms with Gasteiger partial charge in [0.2, 0.25) is 0 Å². The lowest BCUT2D eigenvalue weighted by Crippen LogP contribution is -2.25. The number of nitrogens with one attached hydrogen (secondary N) is 1. The fraction of sp³-hybridized carbons (Fsp3) is 0.389. The van der Waals surface area contributed by atoms with Crippen LogP contribution in [0.3, 0.4) is 0 Å². The Morgan fingerprint density at radius 2 is 2.16 bits per heavy atom. The third kappa shape index (κ3) is 3.42. The largest absolute Gasteiger partial charge is 0.351 e. The summed E-state index contributed by atoms with van der Waals surface area (Å²) in [5, 5.41) is 12.2. The van der Waals surface area contributed by atoms with Crippen molar-refractivity contribution in [3.05, 3.63) is 46.6 Å². The summed E-state index contributed by atoms with van der Waals surface area (Å²) in [6, 6.07) is 6.31. The molecular weight excluding hydrogens is 339 g/mol. The van der Waals surface area contributed by atoms with Gasteiger partial charge in [0, 0.05) is 30.6 Å². The molecule has 3 aromatic rings. The minimum atomic E-state index is -0.287. The van der Waals surface area contributed by atoms with Crippen molar-refractivity contribution >= 4 is 27.3 Å². The average Bonchev–Trinajstić information content (AvgIpc) is 3.11. The van der Waals surface area contributed by atoms with Crippen molar-refractivity contribution in [3.63, 3.8) is 0 Å². The summed E-state index contributed by atoms with van der Waals surface area (Å²) < 4.78 is 16.4. The fourth-order valence-electron chi connectivity index (χ4n) is 3.23. The zero-order valence-corrected chi connectivity index (χ0v) is 14.6. The van der Waals surface area contributed by atoms with Gasteiger partial charge in [0.15, 0.2) is 0 Å². The predicted molar refractivity (Wildman–Crippen MR) is 95.4 cm³/mol. The molecule has 0 saturated heterocycles. The minimum absolute atomic E-state index is 0.128. The van der Waals surface area contributed by atoms with E-state index in [1.807, 2.05) is 0 Å². The van der Waals surface area contributed by atoms with Gasteiger partial charge in [0.05, 0.1) is 4.88 Å². The van der Waals surface area contributed by atoms with Crippen molar-refractivity contribution in [1.82, 2.24) is 20.1 Å². The number of aryl methyl sites for hydroxylation is 1. The van der Waals surface area contributed by atoms with Crippen molar-refractivity contribution < 1.29 is 9.18 Å². The molecule has 0 aliphatic carbocycles. The molecule has 0 fully saturated rings. The maximum absolute atomic E-state index is 13.3. The molecule has 130 valence electrons. The number of nitrogens with zero attached hydrogens (tertiary/aromatic N) is 3. The summed E-state index contributed by atoms with van der Waals surface area (Å²) >= 11 is 1.38. The van der Waals surface area contributed by atoms with Gasteiger partial charge in [-0.2, -0.15) is 0 Å². The van der Waals surface area contributed by atoms with Crippen LogP contribution in [0.2, 0.25) is 0 Å². The minimum Gasteiger partial charge on any atom is -0.351 e. The molecule has 25 heavy (non-hydrogen) atoms. The molecule has 7 heteroatoms. The Morgan fingerprint density at radius 3 is 3.08 bits per heavy atom. The van der Waals surface area contributed by atoms with Crippen molar-refractivity contribution in [1.29, 1.82) is 0 Å². The summed E-state index contributed by atoms with van der Waals surface area (Å²) in [7, 11) is 0. The van der Waals surface area contributed by atoms with E-state index in [-0.39, 0.29) is 11.7 Å². The van der Waals surface area contributed by atoms with E-state index in [1.54, 1.807) is 12.1 Å². The van der Waals surface area contributed by atoms with Crippen LogP contribution < -0.4 is 5.32 Å². The summed E-state index contributed by atoms with van der Waals surface area (Å²) in [5.74, 6) is 1.59. The summed E-state index contributed by atoms with van der Waals surface area (Å²) in [4.78, 5) is 12.9. The van der Waals surface area contributed by atoms with Crippen LogP contribution in [0.1, 0.15) is 40.6 Å². The van der Waals surface area contributed by atoms with Crippen molar-refractivity contribution in [3.8, 4) is 0 Å². The van der Waals surface area contributed by atoms with Gasteiger partial charge in [-0.3, -0.25) is 4.79 Å². The SMILES string of the molecule is O=C(NCCc1nnc2n1CCCCC2)c1cc2cc(F)ccc2s1. The first-order chi connectivity index (χ1) is 12.2. The number of aromatic nitrogens is 3. The van der Waals surface area contributed by atoms with Crippen LogP contribution >= 0.6 is 11.3 Å². The lowest BCUT2D eigenvalue weighted by molar-refractivity contribution is 0.0958. The first-order valence-electron chi connectivity index (χ1n) is 8.59. The van der Waals surface area contributed by atoms with E-state index in [9.17, 15) is 9.18 Å². The molecular formula is C18H19FN4OS. The number of hydrogen-bond donors (Lipinski definition) is 1. The van der Waals surface area contributed by atoms with Gasteiger partial charge in [-0.1, -0.05) is 6.42 Å². The molecule has 0 saturated carbocycles. The van der Waals surface area contributed by atoms with Crippen molar-refractivity contribution in [2.24, 2.45) is 0 Å². The predicted octanol–water partition coefficient (Wildman–Crippen LogP) is 3.33. The normalized spacial score (nSPS) is 14.3. The van der Waals surface area contributed by atoms with Gasteiger partial charge in [-0.25, -0.2) is 4.39 Å². The van der Waals surface area contributed by atoms with Crippen molar-refractivity contribution in [2.45, 2.75) is 38.6 Å². The summed E-state index contributed by atoms with van der Waals surface area (Å²) in [6.45, 7) is 1.48. The number of thiophene rings is 1. The Labute approximate surface area is 148 Å². The lowest BCUT2D eigenvalue weighted by atomic mass is 10.2. The van der Waals surface area contributed by atoms with Crippen LogP contribution in [-0.2, 0) is 19.4 Å². The van der Waals surface area contributed by atoms with E-state index >= 15 is 0 Å². The van der Waals surface area contributed by atoms with Gasteiger partial charge in [0.1, 0.15) is 17.5 Å². The number of amides is 1. The number of fused-ring (bicyclic) bond motifs is 2. The zero-order valence-electron chi connectivity index (χ0n) is 13.8. The van der Waals surface area contributed by atoms with Gasteiger partial charge >= 0.3 is 0 Å². The second-order valence-corrected chi connectivity index (χ2v) is 7.38. The van der Waals surface area contributed by atoms with Crippen LogP contribution in [0.5, 0.6) is 0 Å². The molecule has 0 bridgehead atoms. The molecule has 1 aliphatic rings. The molecule has 1 amide bonds. The topological polar surface area (TPSA) is 59.8 Å². The van der Waals surface area contributed by atoms with Crippen LogP contribution in [0.25, 0.3) is 10.1 Å². The Balaban J connectivity index is 1.39. The number of hydrogen-bond acceptors (Lipinski definition) is 4. The van der Waals surface area contributed by atoms with E-state index in [0.717, 1.165) is 41.1 Å². The molecule has 2 aromatic heterocycles. The maximum Gasteiger partial charge on any atom is 0.261 e. The van der Waals surface area contributed by atoms with E-state index in [1.165, 1.54) is 36.3 Å². The highest BCUT2D eigenvalue weighted by Gasteiger charge is 2.15. The number of benzene rings is 1. The van der Waals surface area contributed by atoms with Crippen LogP contribution in [0.4, 0.5) is 4.39 Å². The Bertz CT molecular complexity index is 917. The molecule has 4 rings (SSSR count). The molecule has 1 aliphatic heterocycles. The highest BCUT2D eigenvalue weighted by molar-refractivity contribution is 7.20. The molecule has 0 radical (unpaired) electrons. The lowest BCUT2D eigenvalue weighted by Gasteiger charge is -2.07. The van der Waals surface area contributed by atoms with Crippen LogP contribution in [-0.4, -0.2) is 27.2 Å². The Morgan fingerprint density at radius 1 is 1.24 bits per heavy atom. The zero-order chi connectivity index (χ0) is 17.2. The summed E-state index contributed by atoms with van der Waals surface area (Å²) in [5.41, 5.74) is 0. The van der Waals surface area contributed by atoms with Gasteiger partial charge < -0.3 is 9.88 Å². The highest BCUT2D eigenvalue weighted by atomic mass is 32.1. The highest BCUT2D eigenvalue weighted by Crippen LogP contribution is 2.26. The fourth-order valence-corrected chi connectivity index (χ4v) is 4.19. The number of halogens is 1. The molecule has 1 N–H and O–H groups in total. The van der Waals surface area contributed by atoms with E-state index < -0.39 is 0 Å². The Kier molecular flexibility index (Phi) is 4.48. The first kappa shape index (κ1) is 16.2. The quantitative estimate of drug-likeness (QED) is 0.778. The molecule has 1 aromatic carbocycles. The maximum atomic E-state index is 13.3. The molecule has 0 spiro atoms. The van der Waals surface area contributed by atoms with Gasteiger partial charge in [0.25, 0.3) is 5.91 Å². The third-order valence-electron chi connectivity index (χ3n) is 4.52. The standard InChI is InChI=1S/C18H19FN4OS/c19-13-5-6-14-12(10-13)11-15(25-14)18(24)20-8-7-17-22-21-16-4-2-1-3-9-23(16)17/h5-6,10-11H,1-4,7-9H2,(H,20,24). The average molecular weight is 358 g/mol. The molecule has 5 nitrogen and oxygen atoms in total. The Hall–Kier alpha value is -2.28. The van der Waals surface area contributed by atoms with E-state index in [4.69, 9.17) is 0 Å². The summed E-state index contributed by atoms with van der Waals surface area (Å²) in [6.07, 6.45) is 5.20. The second kappa shape index (κ2) is 6.92. The first-order valence-corrected chi connectivity index (χ1v) is 9.40. The molecule has 0 unspecified atom stereocenters. The molecule has 3 heterocycles. The van der Waals surface area contributed by atoms with Gasteiger partial charge in [-0.05, 0) is 42.5 Å². The third-order valence-corrected chi connectivity index (χ3v) is 5.64. The molecule has 0 atom stereocenters. The monoisotopic (exact) mass is 358 g/mol. The van der Waals surface area contributed by atoms with Crippen LogP contribution in [0.15, 0.2) is 24.3 Å². The number of carbonyl (C=O) groups is 1. The number of rotatable bonds is 4. The van der Waals surface area contributed by atoms with Crippen molar-refractivity contribution in [2.75, 3.05) is 6.54 Å². The van der Waals surface area contributed by atoms with Gasteiger partial charge in [-0.15, -0.1) is 21.5 Å². The van der Waals surface area contributed by atoms with Crippen LogP contribution in [0, 0.1) is 5.82 Å². The van der Waals surface area contributed by atoms with E-state index in [0.29, 0.717) is 17.8 Å². The second-order valence-electron chi connectivity index (χ2n) is 6.29. The number of carbonyl (C=O) groups excluding carboxylic acids is 1. The smallest absolute Gasteiger partial charge is 0.261 e. The van der Waals surface area contributed by atoms with E-state index in [2.05, 4.69) is 20.1 Å².